The van der Waals surface area contributed by atoms with Crippen LogP contribution in [-0.4, -0.2) is 36.2 Å². The molecule has 1 rings (SSSR count). The van der Waals surface area contributed by atoms with E-state index in [-0.39, 0.29) is 0 Å². The van der Waals surface area contributed by atoms with Crippen LogP contribution in [0.25, 0.3) is 0 Å². The fourth-order valence-corrected chi connectivity index (χ4v) is 1.88. The van der Waals surface area contributed by atoms with Crippen molar-refractivity contribution in [3.8, 4) is 0 Å². The van der Waals surface area contributed by atoms with Crippen LogP contribution < -0.4 is 0 Å². The monoisotopic (exact) mass is 183 g/mol. The highest BCUT2D eigenvalue weighted by Gasteiger charge is 2.20. The number of nitrogens with zero attached hydrogens (tertiary/aromatic N) is 1. The highest BCUT2D eigenvalue weighted by molar-refractivity contribution is 4.89. The molecular weight excluding hydrogens is 162 g/mol. The number of hydrogen-bond donors (Lipinski definition) is 1. The lowest BCUT2D eigenvalue weighted by molar-refractivity contribution is 0.251. The van der Waals surface area contributed by atoms with Crippen LogP contribution in [0.5, 0.6) is 0 Å². The third-order valence-electron chi connectivity index (χ3n) is 2.76. The Morgan fingerprint density at radius 2 is 2.38 bits per heavy atom. The summed E-state index contributed by atoms with van der Waals surface area (Å²) in [5.74, 6) is 0.732. The maximum atomic E-state index is 8.80. The molecule has 1 N–H and O–H groups in total. The predicted molar refractivity (Wildman–Crippen MR) is 55.7 cm³/mol. The van der Waals surface area contributed by atoms with Crippen LogP contribution >= 0.6 is 0 Å². The van der Waals surface area contributed by atoms with Crippen LogP contribution in [0, 0.1) is 5.92 Å². The minimum Gasteiger partial charge on any atom is -0.396 e. The summed E-state index contributed by atoms with van der Waals surface area (Å²) < 4.78 is 0. The van der Waals surface area contributed by atoms with Crippen LogP contribution in [0.3, 0.4) is 0 Å². The van der Waals surface area contributed by atoms with Gasteiger partial charge in [-0.2, -0.15) is 0 Å². The molecule has 1 heterocycles. The van der Waals surface area contributed by atoms with E-state index >= 15 is 0 Å². The quantitative estimate of drug-likeness (QED) is 0.655. The molecule has 13 heavy (non-hydrogen) atoms. The zero-order valence-electron chi connectivity index (χ0n) is 8.63. The van der Waals surface area contributed by atoms with Gasteiger partial charge < -0.3 is 10.0 Å². The molecule has 2 nitrogen and oxygen atoms in total. The molecule has 1 unspecified atom stereocenters. The van der Waals surface area contributed by atoms with Crippen molar-refractivity contribution in [2.24, 2.45) is 5.92 Å². The fraction of sp³-hybridized carbons (Fsp3) is 0.818. The van der Waals surface area contributed by atoms with Crippen molar-refractivity contribution in [2.45, 2.75) is 26.2 Å². The van der Waals surface area contributed by atoms with E-state index in [0.29, 0.717) is 6.61 Å². The predicted octanol–water partition coefficient (Wildman–Crippen LogP) is 1.66. The summed E-state index contributed by atoms with van der Waals surface area (Å²) in [6.45, 7) is 9.87. The van der Waals surface area contributed by atoms with Crippen molar-refractivity contribution < 1.29 is 5.11 Å². The molecule has 0 aromatic rings. The van der Waals surface area contributed by atoms with Gasteiger partial charge in [-0.1, -0.05) is 5.57 Å². The number of aliphatic hydroxyl groups excluding tert-OH is 1. The van der Waals surface area contributed by atoms with Crippen LogP contribution in [0.4, 0.5) is 0 Å². The third kappa shape index (κ3) is 3.92. The molecule has 0 bridgehead atoms. The van der Waals surface area contributed by atoms with Crippen molar-refractivity contribution in [1.29, 1.82) is 0 Å². The molecule has 0 amide bonds. The first-order chi connectivity index (χ1) is 6.22. The molecule has 0 aliphatic carbocycles. The summed E-state index contributed by atoms with van der Waals surface area (Å²) in [6, 6.07) is 0. The van der Waals surface area contributed by atoms with E-state index < -0.39 is 0 Å². The van der Waals surface area contributed by atoms with E-state index in [0.717, 1.165) is 25.3 Å². The van der Waals surface area contributed by atoms with Gasteiger partial charge in [0.25, 0.3) is 0 Å². The lowest BCUT2D eigenvalue weighted by Gasteiger charge is -2.15. The lowest BCUT2D eigenvalue weighted by Crippen LogP contribution is -2.22. The van der Waals surface area contributed by atoms with Crippen LogP contribution in [0.1, 0.15) is 26.2 Å². The first-order valence-corrected chi connectivity index (χ1v) is 5.20. The van der Waals surface area contributed by atoms with E-state index in [9.17, 15) is 0 Å². The van der Waals surface area contributed by atoms with Gasteiger partial charge in [-0.3, -0.25) is 0 Å². The van der Waals surface area contributed by atoms with Crippen LogP contribution in [0.15, 0.2) is 12.2 Å². The van der Waals surface area contributed by atoms with Crippen molar-refractivity contribution in [3.05, 3.63) is 12.2 Å². The molecule has 1 fully saturated rings. The van der Waals surface area contributed by atoms with Crippen molar-refractivity contribution in [1.82, 2.24) is 4.90 Å². The fourth-order valence-electron chi connectivity index (χ4n) is 1.88. The van der Waals surface area contributed by atoms with E-state index in [1.54, 1.807) is 0 Å². The Labute approximate surface area is 81.2 Å². The second kappa shape index (κ2) is 5.40. The summed E-state index contributed by atoms with van der Waals surface area (Å²) in [5, 5.41) is 8.80. The standard InChI is InChI=1S/C11H21NO/c1-10(2)3-6-12-7-4-11(9-12)5-8-13/h11,13H,1,3-9H2,2H3. The topological polar surface area (TPSA) is 23.5 Å². The molecular formula is C11H21NO. The minimum atomic E-state index is 0.346. The normalized spacial score (nSPS) is 23.7. The SMILES string of the molecule is C=C(C)CCN1CCC(CCO)C1. The molecule has 0 aromatic carbocycles. The molecule has 0 radical (unpaired) electrons. The van der Waals surface area contributed by atoms with Crippen LogP contribution in [-0.2, 0) is 0 Å². The average Bonchev–Trinajstić information content (AvgIpc) is 2.50. The Bertz CT molecular complexity index is 167. The molecule has 76 valence electrons. The Balaban J connectivity index is 2.13. The molecule has 1 saturated heterocycles. The maximum absolute atomic E-state index is 8.80. The van der Waals surface area contributed by atoms with Gasteiger partial charge in [-0.15, -0.1) is 6.58 Å². The molecule has 1 atom stereocenters. The Morgan fingerprint density at radius 3 is 3.00 bits per heavy atom. The largest absolute Gasteiger partial charge is 0.396 e. The Kier molecular flexibility index (Phi) is 4.46. The molecule has 1 aliphatic heterocycles. The number of hydrogen-bond acceptors (Lipinski definition) is 2. The van der Waals surface area contributed by atoms with Gasteiger partial charge in [0.15, 0.2) is 0 Å². The summed E-state index contributed by atoms with van der Waals surface area (Å²) in [6.07, 6.45) is 3.35. The number of aliphatic hydroxyl groups is 1. The van der Waals surface area contributed by atoms with E-state index in [2.05, 4.69) is 18.4 Å². The van der Waals surface area contributed by atoms with Gasteiger partial charge in [-0.25, -0.2) is 0 Å². The molecule has 1 aliphatic rings. The smallest absolute Gasteiger partial charge is 0.0434 e. The van der Waals surface area contributed by atoms with Gasteiger partial charge in [0, 0.05) is 19.7 Å². The van der Waals surface area contributed by atoms with E-state index in [1.165, 1.54) is 25.1 Å². The van der Waals surface area contributed by atoms with Crippen molar-refractivity contribution in [2.75, 3.05) is 26.2 Å². The molecule has 0 saturated carbocycles. The first kappa shape index (κ1) is 10.7. The second-order valence-electron chi connectivity index (χ2n) is 4.17. The van der Waals surface area contributed by atoms with Gasteiger partial charge in [0.1, 0.15) is 0 Å². The lowest BCUT2D eigenvalue weighted by atomic mass is 10.1. The second-order valence-corrected chi connectivity index (χ2v) is 4.17. The van der Waals surface area contributed by atoms with Gasteiger partial charge in [-0.05, 0) is 38.6 Å². The van der Waals surface area contributed by atoms with E-state index in [1.807, 2.05) is 0 Å². The third-order valence-corrected chi connectivity index (χ3v) is 2.76. The maximum Gasteiger partial charge on any atom is 0.0434 e. The van der Waals surface area contributed by atoms with E-state index in [4.69, 9.17) is 5.11 Å². The van der Waals surface area contributed by atoms with Crippen LogP contribution in [0.2, 0.25) is 0 Å². The molecule has 0 spiro atoms. The zero-order valence-corrected chi connectivity index (χ0v) is 8.63. The summed E-state index contributed by atoms with van der Waals surface area (Å²) >= 11 is 0. The summed E-state index contributed by atoms with van der Waals surface area (Å²) in [7, 11) is 0. The average molecular weight is 183 g/mol. The number of rotatable bonds is 5. The Hall–Kier alpha value is -0.340. The highest BCUT2D eigenvalue weighted by Crippen LogP contribution is 2.19. The Morgan fingerprint density at radius 1 is 1.62 bits per heavy atom. The van der Waals surface area contributed by atoms with Gasteiger partial charge in [0.05, 0.1) is 0 Å². The number of likely N-dealkylation sites (tertiary alicyclic amines) is 1. The molecule has 2 heteroatoms. The summed E-state index contributed by atoms with van der Waals surface area (Å²) in [5.41, 5.74) is 1.27. The minimum absolute atomic E-state index is 0.346. The first-order valence-electron chi connectivity index (χ1n) is 5.20. The van der Waals surface area contributed by atoms with Crippen molar-refractivity contribution >= 4 is 0 Å². The van der Waals surface area contributed by atoms with Crippen molar-refractivity contribution in [3.63, 3.8) is 0 Å². The highest BCUT2D eigenvalue weighted by atomic mass is 16.3. The van der Waals surface area contributed by atoms with Gasteiger partial charge >= 0.3 is 0 Å². The van der Waals surface area contributed by atoms with Gasteiger partial charge in [0.2, 0.25) is 0 Å². The summed E-state index contributed by atoms with van der Waals surface area (Å²) in [4.78, 5) is 2.48. The molecule has 0 aromatic heterocycles. The zero-order chi connectivity index (χ0) is 9.68.